The van der Waals surface area contributed by atoms with Crippen molar-refractivity contribution in [1.82, 2.24) is 9.88 Å². The fourth-order valence-electron chi connectivity index (χ4n) is 3.36. The second-order valence-corrected chi connectivity index (χ2v) is 6.01. The van der Waals surface area contributed by atoms with E-state index in [4.69, 9.17) is 4.74 Å². The minimum Gasteiger partial charge on any atom is -0.377 e. The zero-order valence-electron chi connectivity index (χ0n) is 13.4. The number of hydrogen-bond acceptors (Lipinski definition) is 2. The summed E-state index contributed by atoms with van der Waals surface area (Å²) in [6, 6.07) is 8.18. The smallest absolute Gasteiger partial charge is 0.227 e. The van der Waals surface area contributed by atoms with E-state index in [0.29, 0.717) is 13.0 Å². The summed E-state index contributed by atoms with van der Waals surface area (Å²) in [5.74, 6) is 0.206. The maximum atomic E-state index is 12.7. The highest BCUT2D eigenvalue weighted by atomic mass is 16.5. The molecule has 2 heterocycles. The van der Waals surface area contributed by atoms with Gasteiger partial charge in [-0.1, -0.05) is 18.2 Å². The van der Waals surface area contributed by atoms with Crippen LogP contribution in [0.3, 0.4) is 0 Å². The van der Waals surface area contributed by atoms with Gasteiger partial charge in [-0.3, -0.25) is 4.79 Å². The number of ether oxygens (including phenoxy) is 1. The molecule has 1 aliphatic rings. The summed E-state index contributed by atoms with van der Waals surface area (Å²) in [6.07, 6.45) is 2.76. The third-order valence-corrected chi connectivity index (χ3v) is 4.49. The van der Waals surface area contributed by atoms with Gasteiger partial charge in [0.25, 0.3) is 0 Å². The van der Waals surface area contributed by atoms with Crippen molar-refractivity contribution in [2.75, 3.05) is 19.7 Å². The van der Waals surface area contributed by atoms with E-state index in [1.54, 1.807) is 0 Å². The molecule has 0 unspecified atom stereocenters. The van der Waals surface area contributed by atoms with E-state index in [0.717, 1.165) is 48.1 Å². The van der Waals surface area contributed by atoms with E-state index >= 15 is 0 Å². The number of carbonyl (C=O) groups is 1. The summed E-state index contributed by atoms with van der Waals surface area (Å²) in [5, 5.41) is 1.16. The van der Waals surface area contributed by atoms with Gasteiger partial charge in [0.1, 0.15) is 0 Å². The number of nitrogens with zero attached hydrogens (tertiary/aromatic N) is 1. The minimum atomic E-state index is 0.201. The molecule has 1 aliphatic heterocycles. The predicted octanol–water partition coefficient (Wildman–Crippen LogP) is 3.05. The molecule has 0 radical (unpaired) electrons. The molecule has 1 N–H and O–H groups in total. The molecule has 118 valence electrons. The van der Waals surface area contributed by atoms with Gasteiger partial charge in [-0.15, -0.1) is 0 Å². The van der Waals surface area contributed by atoms with Crippen molar-refractivity contribution in [3.05, 3.63) is 35.5 Å². The van der Waals surface area contributed by atoms with Crippen LogP contribution in [-0.2, 0) is 16.0 Å². The van der Waals surface area contributed by atoms with Crippen LogP contribution in [0.25, 0.3) is 10.9 Å². The zero-order valence-corrected chi connectivity index (χ0v) is 13.4. The lowest BCUT2D eigenvalue weighted by Crippen LogP contribution is -2.43. The van der Waals surface area contributed by atoms with E-state index in [9.17, 15) is 4.79 Å². The van der Waals surface area contributed by atoms with Crippen LogP contribution in [0.1, 0.15) is 31.0 Å². The molecule has 0 aliphatic carbocycles. The molecule has 1 aromatic heterocycles. The van der Waals surface area contributed by atoms with Gasteiger partial charge in [-0.25, -0.2) is 0 Å². The topological polar surface area (TPSA) is 45.3 Å². The van der Waals surface area contributed by atoms with Crippen LogP contribution in [0.5, 0.6) is 0 Å². The van der Waals surface area contributed by atoms with E-state index in [2.05, 4.69) is 17.1 Å². The molecule has 1 amide bonds. The van der Waals surface area contributed by atoms with E-state index < -0.39 is 0 Å². The van der Waals surface area contributed by atoms with Crippen molar-refractivity contribution in [2.45, 2.75) is 39.2 Å². The molecule has 1 fully saturated rings. The van der Waals surface area contributed by atoms with Crippen molar-refractivity contribution >= 4 is 16.8 Å². The standard InChI is InChI=1S/C18H24N2O2/c1-3-22-14-7-6-10-20(12-14)18(21)11-16-13(2)19-17-9-5-4-8-15(16)17/h4-5,8-9,14,19H,3,6-7,10-12H2,1-2H3/t14-/m1/s1. The lowest BCUT2D eigenvalue weighted by Gasteiger charge is -2.32. The molecule has 4 heteroatoms. The number of carbonyl (C=O) groups excluding carboxylic acids is 1. The number of rotatable bonds is 4. The second-order valence-electron chi connectivity index (χ2n) is 6.01. The van der Waals surface area contributed by atoms with Crippen LogP contribution in [0.4, 0.5) is 0 Å². The Morgan fingerprint density at radius 1 is 1.41 bits per heavy atom. The second kappa shape index (κ2) is 6.53. The lowest BCUT2D eigenvalue weighted by atomic mass is 10.0. The van der Waals surface area contributed by atoms with Gasteiger partial charge in [0.05, 0.1) is 12.5 Å². The highest BCUT2D eigenvalue weighted by molar-refractivity contribution is 5.90. The van der Waals surface area contributed by atoms with Crippen LogP contribution < -0.4 is 0 Å². The van der Waals surface area contributed by atoms with Crippen molar-refractivity contribution in [2.24, 2.45) is 0 Å². The van der Waals surface area contributed by atoms with Crippen LogP contribution >= 0.6 is 0 Å². The zero-order chi connectivity index (χ0) is 15.5. The number of aryl methyl sites for hydroxylation is 1. The Balaban J connectivity index is 1.74. The molecular formula is C18H24N2O2. The third-order valence-electron chi connectivity index (χ3n) is 4.49. The first-order chi connectivity index (χ1) is 10.7. The number of amides is 1. The number of benzene rings is 1. The Bertz CT molecular complexity index is 660. The summed E-state index contributed by atoms with van der Waals surface area (Å²) < 4.78 is 5.69. The van der Waals surface area contributed by atoms with Crippen LogP contribution in [0.2, 0.25) is 0 Å². The average molecular weight is 300 g/mol. The van der Waals surface area contributed by atoms with Gasteiger partial charge < -0.3 is 14.6 Å². The quantitative estimate of drug-likeness (QED) is 0.943. The van der Waals surface area contributed by atoms with Crippen molar-refractivity contribution < 1.29 is 9.53 Å². The number of piperidine rings is 1. The molecule has 1 saturated heterocycles. The van der Waals surface area contributed by atoms with Crippen LogP contribution in [0.15, 0.2) is 24.3 Å². The molecule has 0 saturated carbocycles. The molecule has 4 nitrogen and oxygen atoms in total. The molecule has 0 spiro atoms. The number of likely N-dealkylation sites (tertiary alicyclic amines) is 1. The maximum Gasteiger partial charge on any atom is 0.227 e. The Morgan fingerprint density at radius 2 is 2.23 bits per heavy atom. The molecule has 3 rings (SSSR count). The summed E-state index contributed by atoms with van der Waals surface area (Å²) in [7, 11) is 0. The van der Waals surface area contributed by atoms with Crippen LogP contribution in [0, 0.1) is 6.92 Å². The fourth-order valence-corrected chi connectivity index (χ4v) is 3.36. The fraction of sp³-hybridized carbons (Fsp3) is 0.500. The highest BCUT2D eigenvalue weighted by Crippen LogP contribution is 2.23. The van der Waals surface area contributed by atoms with Gasteiger partial charge in [-0.2, -0.15) is 0 Å². The first-order valence-corrected chi connectivity index (χ1v) is 8.14. The molecule has 0 bridgehead atoms. The maximum absolute atomic E-state index is 12.7. The normalized spacial score (nSPS) is 18.8. The largest absolute Gasteiger partial charge is 0.377 e. The Morgan fingerprint density at radius 3 is 3.05 bits per heavy atom. The Hall–Kier alpha value is -1.81. The molecule has 1 atom stereocenters. The Labute approximate surface area is 131 Å². The number of nitrogens with one attached hydrogen (secondary N) is 1. The monoisotopic (exact) mass is 300 g/mol. The number of hydrogen-bond donors (Lipinski definition) is 1. The number of aromatic amines is 1. The van der Waals surface area contributed by atoms with E-state index in [1.165, 1.54) is 0 Å². The first-order valence-electron chi connectivity index (χ1n) is 8.14. The van der Waals surface area contributed by atoms with Gasteiger partial charge >= 0.3 is 0 Å². The third kappa shape index (κ3) is 3.02. The lowest BCUT2D eigenvalue weighted by molar-refractivity contribution is -0.134. The van der Waals surface area contributed by atoms with Crippen LogP contribution in [-0.4, -0.2) is 41.6 Å². The van der Waals surface area contributed by atoms with Crippen molar-refractivity contribution in [1.29, 1.82) is 0 Å². The molecular weight excluding hydrogens is 276 g/mol. The summed E-state index contributed by atoms with van der Waals surface area (Å²) in [6.45, 7) is 6.35. The summed E-state index contributed by atoms with van der Waals surface area (Å²) in [5.41, 5.74) is 3.32. The number of aromatic nitrogens is 1. The van der Waals surface area contributed by atoms with Gasteiger partial charge in [0.2, 0.25) is 5.91 Å². The van der Waals surface area contributed by atoms with E-state index in [-0.39, 0.29) is 12.0 Å². The minimum absolute atomic E-state index is 0.201. The van der Waals surface area contributed by atoms with Gasteiger partial charge in [0.15, 0.2) is 0 Å². The van der Waals surface area contributed by atoms with Gasteiger partial charge in [0, 0.05) is 36.3 Å². The highest BCUT2D eigenvalue weighted by Gasteiger charge is 2.24. The molecule has 22 heavy (non-hydrogen) atoms. The SMILES string of the molecule is CCO[C@@H]1CCCN(C(=O)Cc2c(C)[nH]c3ccccc23)C1. The number of para-hydroxylation sites is 1. The van der Waals surface area contributed by atoms with Crippen molar-refractivity contribution in [3.63, 3.8) is 0 Å². The number of H-pyrrole nitrogens is 1. The molecule has 2 aromatic rings. The summed E-state index contributed by atoms with van der Waals surface area (Å²) >= 11 is 0. The summed E-state index contributed by atoms with van der Waals surface area (Å²) in [4.78, 5) is 18.0. The predicted molar refractivity (Wildman–Crippen MR) is 88.0 cm³/mol. The van der Waals surface area contributed by atoms with E-state index in [1.807, 2.05) is 30.9 Å². The Kier molecular flexibility index (Phi) is 4.48. The number of fused-ring (bicyclic) bond motifs is 1. The van der Waals surface area contributed by atoms with Gasteiger partial charge in [-0.05, 0) is 38.3 Å². The first kappa shape index (κ1) is 15.1. The average Bonchev–Trinajstić information content (AvgIpc) is 2.84. The molecule has 1 aromatic carbocycles. The van der Waals surface area contributed by atoms with Crippen molar-refractivity contribution in [3.8, 4) is 0 Å².